The van der Waals surface area contributed by atoms with Crippen LogP contribution in [0.3, 0.4) is 0 Å². The zero-order valence-electron chi connectivity index (χ0n) is 8.60. The molecule has 0 radical (unpaired) electrons. The molecule has 80 valence electrons. The fraction of sp³-hybridized carbons (Fsp3) is 0.0769. The molecule has 0 bridgehead atoms. The molecule has 0 aliphatic carbocycles. The third-order valence-electron chi connectivity index (χ3n) is 1.45. The molecule has 0 saturated carbocycles. The van der Waals surface area contributed by atoms with E-state index in [9.17, 15) is 8.78 Å². The smallest absolute Gasteiger partial charge is 0.116 e. The predicted octanol–water partition coefficient (Wildman–Crippen LogP) is 4.57. The SMILES string of the molecule is C=C(F)/C=C\C(=C)CC(=C)/C=C\C(=C)F. The summed E-state index contributed by atoms with van der Waals surface area (Å²) in [6.07, 6.45) is 5.89. The Morgan fingerprint density at radius 1 is 0.733 bits per heavy atom. The lowest BCUT2D eigenvalue weighted by Crippen LogP contribution is -1.79. The number of halogens is 2. The van der Waals surface area contributed by atoms with Gasteiger partial charge in [-0.1, -0.05) is 49.6 Å². The van der Waals surface area contributed by atoms with Crippen molar-refractivity contribution < 1.29 is 8.78 Å². The summed E-state index contributed by atoms with van der Waals surface area (Å²) in [5.41, 5.74) is 1.35. The first-order valence-corrected chi connectivity index (χ1v) is 4.32. The van der Waals surface area contributed by atoms with Gasteiger partial charge in [0.1, 0.15) is 11.7 Å². The Bertz CT molecular complexity index is 310. The van der Waals surface area contributed by atoms with E-state index in [-0.39, 0.29) is 0 Å². The third kappa shape index (κ3) is 8.63. The van der Waals surface area contributed by atoms with Crippen molar-refractivity contribution in [1.82, 2.24) is 0 Å². The van der Waals surface area contributed by atoms with Gasteiger partial charge in [0.05, 0.1) is 0 Å². The largest absolute Gasteiger partial charge is 0.208 e. The quantitative estimate of drug-likeness (QED) is 0.561. The average Bonchev–Trinajstić information content (AvgIpc) is 2.11. The Hall–Kier alpha value is -1.70. The van der Waals surface area contributed by atoms with Crippen LogP contribution in [0.2, 0.25) is 0 Å². The van der Waals surface area contributed by atoms with Gasteiger partial charge in [0.25, 0.3) is 0 Å². The molecule has 0 aliphatic heterocycles. The summed E-state index contributed by atoms with van der Waals surface area (Å²) in [5.74, 6) is -1.07. The van der Waals surface area contributed by atoms with E-state index in [1.165, 1.54) is 24.3 Å². The molecule has 0 saturated heterocycles. The van der Waals surface area contributed by atoms with Gasteiger partial charge in [-0.2, -0.15) is 0 Å². The molecule has 0 N–H and O–H groups in total. The highest BCUT2D eigenvalue weighted by Gasteiger charge is 1.92. The van der Waals surface area contributed by atoms with Crippen LogP contribution >= 0.6 is 0 Å². The highest BCUT2D eigenvalue weighted by molar-refractivity contribution is 5.30. The Kier molecular flexibility index (Phi) is 5.95. The predicted molar refractivity (Wildman–Crippen MR) is 61.7 cm³/mol. The van der Waals surface area contributed by atoms with Crippen molar-refractivity contribution in [2.24, 2.45) is 0 Å². The van der Waals surface area contributed by atoms with E-state index < -0.39 is 11.7 Å². The first kappa shape index (κ1) is 13.3. The first-order valence-electron chi connectivity index (χ1n) is 4.32. The Balaban J connectivity index is 4.14. The van der Waals surface area contributed by atoms with Gasteiger partial charge in [0.2, 0.25) is 0 Å². The van der Waals surface area contributed by atoms with E-state index in [0.29, 0.717) is 17.6 Å². The minimum absolute atomic E-state index is 0.452. The molecule has 2 heteroatoms. The minimum Gasteiger partial charge on any atom is -0.208 e. The van der Waals surface area contributed by atoms with Gasteiger partial charge in [0, 0.05) is 0 Å². The molecule has 0 aromatic rings. The van der Waals surface area contributed by atoms with Crippen LogP contribution in [0.25, 0.3) is 0 Å². The standard InChI is InChI=1S/C13H14F2/c1-10(5-7-12(3)14)9-11(2)6-8-13(4)15/h5-8H,1-4,9H2/b7-5-,8-6-. The van der Waals surface area contributed by atoms with Crippen LogP contribution in [0.5, 0.6) is 0 Å². The topological polar surface area (TPSA) is 0 Å². The van der Waals surface area contributed by atoms with Crippen molar-refractivity contribution in [3.8, 4) is 0 Å². The average molecular weight is 208 g/mol. The van der Waals surface area contributed by atoms with Crippen LogP contribution in [0.15, 0.2) is 73.4 Å². The fourth-order valence-electron chi connectivity index (χ4n) is 0.826. The summed E-state index contributed by atoms with van der Waals surface area (Å²) in [5, 5.41) is 0. The summed E-state index contributed by atoms with van der Waals surface area (Å²) in [6, 6.07) is 0. The minimum atomic E-state index is -0.533. The lowest BCUT2D eigenvalue weighted by molar-refractivity contribution is 0.671. The number of rotatable bonds is 6. The molecular weight excluding hydrogens is 194 g/mol. The summed E-state index contributed by atoms with van der Waals surface area (Å²) in [4.78, 5) is 0. The second-order valence-electron chi connectivity index (χ2n) is 3.05. The van der Waals surface area contributed by atoms with Gasteiger partial charge in [-0.05, 0) is 18.6 Å². The van der Waals surface area contributed by atoms with Crippen molar-refractivity contribution >= 4 is 0 Å². The maximum absolute atomic E-state index is 12.2. The maximum Gasteiger partial charge on any atom is 0.116 e. The molecular formula is C13H14F2. The lowest BCUT2D eigenvalue weighted by atomic mass is 10.1. The van der Waals surface area contributed by atoms with Crippen LogP contribution in [-0.2, 0) is 0 Å². The van der Waals surface area contributed by atoms with Gasteiger partial charge in [-0.3, -0.25) is 0 Å². The van der Waals surface area contributed by atoms with E-state index >= 15 is 0 Å². The van der Waals surface area contributed by atoms with E-state index in [1.54, 1.807) is 0 Å². The molecule has 15 heavy (non-hydrogen) atoms. The number of hydrogen-bond donors (Lipinski definition) is 0. The molecule has 0 aromatic carbocycles. The third-order valence-corrected chi connectivity index (χ3v) is 1.45. The number of allylic oxidation sites excluding steroid dienone is 8. The fourth-order valence-corrected chi connectivity index (χ4v) is 0.826. The monoisotopic (exact) mass is 208 g/mol. The van der Waals surface area contributed by atoms with Crippen molar-refractivity contribution in [3.63, 3.8) is 0 Å². The Labute approximate surface area is 89.3 Å². The van der Waals surface area contributed by atoms with E-state index in [0.717, 1.165) is 0 Å². The van der Waals surface area contributed by atoms with Crippen LogP contribution in [0.4, 0.5) is 8.78 Å². The van der Waals surface area contributed by atoms with Crippen LogP contribution < -0.4 is 0 Å². The Morgan fingerprint density at radius 2 is 1.07 bits per heavy atom. The van der Waals surface area contributed by atoms with E-state index in [1.807, 2.05) is 0 Å². The zero-order chi connectivity index (χ0) is 11.8. The summed E-state index contributed by atoms with van der Waals surface area (Å²) >= 11 is 0. The highest BCUT2D eigenvalue weighted by Crippen LogP contribution is 2.12. The molecule has 0 unspecified atom stereocenters. The van der Waals surface area contributed by atoms with Crippen molar-refractivity contribution in [2.45, 2.75) is 6.42 Å². The normalized spacial score (nSPS) is 10.8. The van der Waals surface area contributed by atoms with Gasteiger partial charge in [0.15, 0.2) is 0 Å². The van der Waals surface area contributed by atoms with Crippen molar-refractivity contribution in [1.29, 1.82) is 0 Å². The van der Waals surface area contributed by atoms with Gasteiger partial charge < -0.3 is 0 Å². The molecule has 0 spiro atoms. The van der Waals surface area contributed by atoms with Gasteiger partial charge >= 0.3 is 0 Å². The zero-order valence-corrected chi connectivity index (χ0v) is 8.60. The summed E-state index contributed by atoms with van der Waals surface area (Å²) < 4.78 is 24.5. The Morgan fingerprint density at radius 3 is 1.33 bits per heavy atom. The molecule has 0 aromatic heterocycles. The van der Waals surface area contributed by atoms with Crippen LogP contribution in [0, 0.1) is 0 Å². The second kappa shape index (κ2) is 6.71. The molecule has 0 rings (SSSR count). The van der Waals surface area contributed by atoms with Crippen molar-refractivity contribution in [2.75, 3.05) is 0 Å². The van der Waals surface area contributed by atoms with Gasteiger partial charge in [-0.25, -0.2) is 8.78 Å². The maximum atomic E-state index is 12.2. The molecule has 0 amide bonds. The molecule has 0 nitrogen and oxygen atoms in total. The van der Waals surface area contributed by atoms with E-state index in [4.69, 9.17) is 0 Å². The number of hydrogen-bond acceptors (Lipinski definition) is 0. The van der Waals surface area contributed by atoms with Crippen LogP contribution in [-0.4, -0.2) is 0 Å². The van der Waals surface area contributed by atoms with Gasteiger partial charge in [-0.15, -0.1) is 0 Å². The first-order chi connectivity index (χ1) is 6.91. The molecule has 0 aliphatic rings. The van der Waals surface area contributed by atoms with Crippen molar-refractivity contribution in [3.05, 3.63) is 73.4 Å². The molecule has 0 atom stereocenters. The molecule has 0 fully saturated rings. The lowest BCUT2D eigenvalue weighted by Gasteiger charge is -1.99. The second-order valence-corrected chi connectivity index (χ2v) is 3.05. The molecule has 0 heterocycles. The summed E-state index contributed by atoms with van der Waals surface area (Å²) in [6.45, 7) is 13.5. The van der Waals surface area contributed by atoms with Crippen LogP contribution in [0.1, 0.15) is 6.42 Å². The highest BCUT2D eigenvalue weighted by atomic mass is 19.1. The van der Waals surface area contributed by atoms with E-state index in [2.05, 4.69) is 26.3 Å². The summed E-state index contributed by atoms with van der Waals surface area (Å²) in [7, 11) is 0.